The van der Waals surface area contributed by atoms with Gasteiger partial charge in [0.1, 0.15) is 11.9 Å². The number of rotatable bonds is 16. The van der Waals surface area contributed by atoms with Crippen LogP contribution in [0.3, 0.4) is 0 Å². The van der Waals surface area contributed by atoms with Crippen LogP contribution in [0.2, 0.25) is 0 Å². The van der Waals surface area contributed by atoms with Crippen LogP contribution in [-0.4, -0.2) is 18.7 Å². The Morgan fingerprint density at radius 1 is 0.784 bits per heavy atom. The summed E-state index contributed by atoms with van der Waals surface area (Å²) in [6.07, 6.45) is 14.6. The molecule has 0 aliphatic heterocycles. The first-order chi connectivity index (χ1) is 18.1. The molecule has 0 aromatic heterocycles. The zero-order valence-electron chi connectivity index (χ0n) is 22.9. The lowest BCUT2D eigenvalue weighted by Gasteiger charge is -2.13. The summed E-state index contributed by atoms with van der Waals surface area (Å²) in [5.74, 6) is 2.40. The van der Waals surface area contributed by atoms with Gasteiger partial charge < -0.3 is 9.47 Å². The summed E-state index contributed by atoms with van der Waals surface area (Å²) in [6.45, 7) is 12.3. The van der Waals surface area contributed by atoms with E-state index in [0.29, 0.717) is 12.1 Å². The largest absolute Gasteiger partial charge is 0.494 e. The van der Waals surface area contributed by atoms with Crippen molar-refractivity contribution < 1.29 is 14.3 Å². The second kappa shape index (κ2) is 16.1. The van der Waals surface area contributed by atoms with Gasteiger partial charge in [-0.05, 0) is 60.8 Å². The van der Waals surface area contributed by atoms with E-state index in [-0.39, 0.29) is 12.1 Å². The molecule has 200 valence electrons. The Bertz CT molecular complexity index is 949. The van der Waals surface area contributed by atoms with E-state index < -0.39 is 0 Å². The molecule has 4 heteroatoms. The predicted octanol–water partition coefficient (Wildman–Crippen LogP) is 9.55. The molecule has 4 nitrogen and oxygen atoms in total. The topological polar surface area (TPSA) is 39.9 Å². The molecule has 0 radical (unpaired) electrons. The molecule has 37 heavy (non-hydrogen) atoms. The highest BCUT2D eigenvalue weighted by molar-refractivity contribution is 5.69. The fourth-order valence-electron chi connectivity index (χ4n) is 5.59. The first-order valence-electron chi connectivity index (χ1n) is 14.5. The normalized spacial score (nSPS) is 18.9. The molecule has 2 unspecified atom stereocenters. The molecule has 3 rings (SSSR count). The van der Waals surface area contributed by atoms with Gasteiger partial charge in [-0.15, -0.1) is 0 Å². The molecule has 2 atom stereocenters. The van der Waals surface area contributed by atoms with Crippen LogP contribution >= 0.6 is 0 Å². The Morgan fingerprint density at radius 3 is 1.84 bits per heavy atom. The molecule has 2 aromatic rings. The van der Waals surface area contributed by atoms with E-state index in [1.54, 1.807) is 0 Å². The number of hydrogen-bond acceptors (Lipinski definition) is 3. The number of unbranched alkanes of at least 4 members (excludes halogenated alkanes) is 7. The highest BCUT2D eigenvalue weighted by Crippen LogP contribution is 2.38. The fourth-order valence-corrected chi connectivity index (χ4v) is 5.59. The Labute approximate surface area is 224 Å². The van der Waals surface area contributed by atoms with Gasteiger partial charge in [0.05, 0.1) is 13.2 Å². The number of nitrogens with zero attached hydrogens (tertiary/aromatic N) is 1. The van der Waals surface area contributed by atoms with E-state index in [1.807, 2.05) is 36.4 Å². The average molecular weight is 504 g/mol. The van der Waals surface area contributed by atoms with Crippen molar-refractivity contribution in [3.8, 4) is 16.9 Å². The minimum Gasteiger partial charge on any atom is -0.494 e. The maximum absolute atomic E-state index is 12.2. The van der Waals surface area contributed by atoms with E-state index in [1.165, 1.54) is 44.9 Å². The van der Waals surface area contributed by atoms with E-state index in [2.05, 4.69) is 30.8 Å². The lowest BCUT2D eigenvalue weighted by atomic mass is 9.92. The zero-order valence-corrected chi connectivity index (χ0v) is 22.9. The SMILES string of the molecule is [C-]#[N+]c1ccc(-c2ccc(OCCCCCCCCCCC(=O)OC3CC(CC)C(CC)C3)cc2)cc1. The first kappa shape index (κ1) is 28.8. The number of carbonyl (C=O) groups is 1. The Kier molecular flexibility index (Phi) is 12.5. The van der Waals surface area contributed by atoms with Crippen LogP contribution in [0.25, 0.3) is 16.0 Å². The quantitative estimate of drug-likeness (QED) is 0.130. The predicted molar refractivity (Wildman–Crippen MR) is 152 cm³/mol. The van der Waals surface area contributed by atoms with Crippen molar-refractivity contribution in [3.63, 3.8) is 0 Å². The van der Waals surface area contributed by atoms with Crippen LogP contribution in [0.4, 0.5) is 5.69 Å². The fraction of sp³-hybridized carbons (Fsp3) is 0.576. The van der Waals surface area contributed by atoms with Crippen molar-refractivity contribution >= 4 is 11.7 Å². The van der Waals surface area contributed by atoms with Crippen molar-refractivity contribution in [2.45, 2.75) is 103 Å². The van der Waals surface area contributed by atoms with E-state index >= 15 is 0 Å². The van der Waals surface area contributed by atoms with Crippen LogP contribution < -0.4 is 4.74 Å². The van der Waals surface area contributed by atoms with Gasteiger partial charge in [0.25, 0.3) is 0 Å². The second-order valence-electron chi connectivity index (χ2n) is 10.5. The summed E-state index contributed by atoms with van der Waals surface area (Å²) in [5.41, 5.74) is 2.90. The lowest BCUT2D eigenvalue weighted by Crippen LogP contribution is -2.15. The summed E-state index contributed by atoms with van der Waals surface area (Å²) in [4.78, 5) is 15.6. The van der Waals surface area contributed by atoms with Crippen LogP contribution in [0.5, 0.6) is 5.75 Å². The first-order valence-corrected chi connectivity index (χ1v) is 14.5. The average Bonchev–Trinajstić information content (AvgIpc) is 3.33. The molecule has 0 amide bonds. The van der Waals surface area contributed by atoms with Crippen molar-refractivity contribution in [1.82, 2.24) is 0 Å². The summed E-state index contributed by atoms with van der Waals surface area (Å²) in [7, 11) is 0. The van der Waals surface area contributed by atoms with Crippen molar-refractivity contribution in [1.29, 1.82) is 0 Å². The monoisotopic (exact) mass is 503 g/mol. The van der Waals surface area contributed by atoms with Gasteiger partial charge in [0.2, 0.25) is 0 Å². The Hall–Kier alpha value is -2.80. The third-order valence-corrected chi connectivity index (χ3v) is 7.87. The Balaban J connectivity index is 1.15. The van der Waals surface area contributed by atoms with Gasteiger partial charge in [-0.1, -0.05) is 102 Å². The molecule has 1 aliphatic carbocycles. The minimum absolute atomic E-state index is 0.0153. The van der Waals surface area contributed by atoms with Crippen LogP contribution in [0, 0.1) is 18.4 Å². The van der Waals surface area contributed by atoms with Gasteiger partial charge >= 0.3 is 5.97 Å². The zero-order chi connectivity index (χ0) is 26.3. The summed E-state index contributed by atoms with van der Waals surface area (Å²) in [5, 5.41) is 0. The number of benzene rings is 2. The molecule has 0 spiro atoms. The lowest BCUT2D eigenvalue weighted by molar-refractivity contribution is -0.149. The molecule has 1 saturated carbocycles. The van der Waals surface area contributed by atoms with Gasteiger partial charge in [-0.2, -0.15) is 0 Å². The summed E-state index contributed by atoms with van der Waals surface area (Å²) >= 11 is 0. The van der Waals surface area contributed by atoms with Gasteiger partial charge in [-0.25, -0.2) is 4.85 Å². The smallest absolute Gasteiger partial charge is 0.306 e. The molecule has 1 fully saturated rings. The third kappa shape index (κ3) is 9.88. The van der Waals surface area contributed by atoms with Gasteiger partial charge in [0, 0.05) is 6.42 Å². The molecule has 0 heterocycles. The van der Waals surface area contributed by atoms with E-state index in [9.17, 15) is 4.79 Å². The Morgan fingerprint density at radius 2 is 1.30 bits per heavy atom. The van der Waals surface area contributed by atoms with E-state index in [4.69, 9.17) is 16.0 Å². The minimum atomic E-state index is 0.0153. The van der Waals surface area contributed by atoms with Crippen molar-refractivity contribution in [2.24, 2.45) is 11.8 Å². The third-order valence-electron chi connectivity index (χ3n) is 7.87. The van der Waals surface area contributed by atoms with Crippen molar-refractivity contribution in [2.75, 3.05) is 6.61 Å². The number of carbonyl (C=O) groups excluding carboxylic acids is 1. The molecule has 0 bridgehead atoms. The van der Waals surface area contributed by atoms with Crippen LogP contribution in [0.1, 0.15) is 97.3 Å². The number of hydrogen-bond donors (Lipinski definition) is 0. The number of ether oxygens (including phenoxy) is 2. The molecule has 0 saturated heterocycles. The van der Waals surface area contributed by atoms with Gasteiger partial charge in [-0.3, -0.25) is 4.79 Å². The van der Waals surface area contributed by atoms with Gasteiger partial charge in [0.15, 0.2) is 5.69 Å². The van der Waals surface area contributed by atoms with E-state index in [0.717, 1.165) is 67.4 Å². The molecule has 2 aromatic carbocycles. The highest BCUT2D eigenvalue weighted by atomic mass is 16.5. The molecular weight excluding hydrogens is 458 g/mol. The standard InChI is InChI=1S/C33H45NO3/c1-4-26-24-32(25-27(26)5-2)37-33(35)14-12-10-8-6-7-9-11-13-23-36-31-21-17-29(18-22-31)28-15-19-30(34-3)20-16-28/h15-22,26-27,32H,4-14,23-25H2,1-2H3. The molecule has 1 aliphatic rings. The highest BCUT2D eigenvalue weighted by Gasteiger charge is 2.33. The molecular formula is C33H45NO3. The number of esters is 1. The maximum Gasteiger partial charge on any atom is 0.306 e. The molecule has 0 N–H and O–H groups in total. The van der Waals surface area contributed by atoms with Crippen LogP contribution in [-0.2, 0) is 9.53 Å². The summed E-state index contributed by atoms with van der Waals surface area (Å²) in [6, 6.07) is 15.8. The van der Waals surface area contributed by atoms with Crippen molar-refractivity contribution in [3.05, 3.63) is 59.9 Å². The maximum atomic E-state index is 12.2. The second-order valence-corrected chi connectivity index (χ2v) is 10.5. The van der Waals surface area contributed by atoms with Crippen LogP contribution in [0.15, 0.2) is 48.5 Å². The summed E-state index contributed by atoms with van der Waals surface area (Å²) < 4.78 is 11.7.